The molecule has 4 nitrogen and oxygen atoms in total. The predicted octanol–water partition coefficient (Wildman–Crippen LogP) is 2.93. The summed E-state index contributed by atoms with van der Waals surface area (Å²) in [7, 11) is 0. The van der Waals surface area contributed by atoms with Gasteiger partial charge in [0, 0.05) is 24.8 Å². The van der Waals surface area contributed by atoms with E-state index >= 15 is 0 Å². The van der Waals surface area contributed by atoms with Crippen molar-refractivity contribution in [2.45, 2.75) is 32.2 Å². The Morgan fingerprint density at radius 1 is 1.18 bits per heavy atom. The molecule has 0 bridgehead atoms. The second-order valence-electron chi connectivity index (χ2n) is 5.40. The summed E-state index contributed by atoms with van der Waals surface area (Å²) in [5, 5.41) is 6.26. The van der Waals surface area contributed by atoms with Gasteiger partial charge in [-0.2, -0.15) is 0 Å². The van der Waals surface area contributed by atoms with E-state index in [0.717, 1.165) is 31.6 Å². The van der Waals surface area contributed by atoms with Crippen LogP contribution in [0.25, 0.3) is 0 Å². The van der Waals surface area contributed by atoms with Crippen LogP contribution in [-0.4, -0.2) is 43.0 Å². The molecule has 22 heavy (non-hydrogen) atoms. The number of hydrogen-bond acceptors (Lipinski definition) is 3. The Labute approximate surface area is 145 Å². The molecule has 1 saturated heterocycles. The topological polar surface area (TPSA) is 44.4 Å². The van der Waals surface area contributed by atoms with Gasteiger partial charge < -0.3 is 15.5 Å². The first-order valence-corrected chi connectivity index (χ1v) is 7.58. The van der Waals surface area contributed by atoms with Gasteiger partial charge in [0.2, 0.25) is 5.91 Å². The van der Waals surface area contributed by atoms with Crippen LogP contribution in [0.1, 0.15) is 26.2 Å². The summed E-state index contributed by atoms with van der Waals surface area (Å²) in [6.07, 6.45) is 3.34. The number of hydrogen-bond donors (Lipinski definition) is 2. The standard InChI is InChI=1S/C16H25N3O.2ClH/c1-2-10-19-11-8-15(9-12-19)18-16(20)13-17-14-6-4-3-5-7-14;;/h3-7,15,17H,2,8-13H2,1H3,(H,18,20);2*1H. The average Bonchev–Trinajstić information content (AvgIpc) is 2.49. The summed E-state index contributed by atoms with van der Waals surface area (Å²) in [6, 6.07) is 10.2. The van der Waals surface area contributed by atoms with E-state index in [-0.39, 0.29) is 30.7 Å². The molecule has 6 heteroatoms. The van der Waals surface area contributed by atoms with Crippen molar-refractivity contribution >= 4 is 36.4 Å². The fourth-order valence-electron chi connectivity index (χ4n) is 2.63. The Morgan fingerprint density at radius 2 is 1.82 bits per heavy atom. The van der Waals surface area contributed by atoms with Gasteiger partial charge in [0.25, 0.3) is 0 Å². The van der Waals surface area contributed by atoms with Gasteiger partial charge in [0.1, 0.15) is 0 Å². The van der Waals surface area contributed by atoms with Gasteiger partial charge in [-0.1, -0.05) is 25.1 Å². The highest BCUT2D eigenvalue weighted by Gasteiger charge is 2.19. The molecular weight excluding hydrogens is 321 g/mol. The van der Waals surface area contributed by atoms with Gasteiger partial charge in [-0.05, 0) is 37.9 Å². The molecule has 1 fully saturated rings. The van der Waals surface area contributed by atoms with Crippen LogP contribution < -0.4 is 10.6 Å². The van der Waals surface area contributed by atoms with E-state index in [0.29, 0.717) is 12.6 Å². The lowest BCUT2D eigenvalue weighted by Crippen LogP contribution is -2.46. The summed E-state index contributed by atoms with van der Waals surface area (Å²) in [6.45, 7) is 5.94. The fraction of sp³-hybridized carbons (Fsp3) is 0.562. The molecule has 0 saturated carbocycles. The van der Waals surface area contributed by atoms with Crippen molar-refractivity contribution in [2.24, 2.45) is 0 Å². The van der Waals surface area contributed by atoms with E-state index in [1.807, 2.05) is 30.3 Å². The molecule has 0 radical (unpaired) electrons. The zero-order valence-corrected chi connectivity index (χ0v) is 14.7. The van der Waals surface area contributed by atoms with Crippen LogP contribution in [0.15, 0.2) is 30.3 Å². The Morgan fingerprint density at radius 3 is 2.41 bits per heavy atom. The molecule has 1 heterocycles. The summed E-state index contributed by atoms with van der Waals surface area (Å²) in [4.78, 5) is 14.4. The fourth-order valence-corrected chi connectivity index (χ4v) is 2.63. The summed E-state index contributed by atoms with van der Waals surface area (Å²) in [5.74, 6) is 0.0859. The molecule has 2 rings (SSSR count). The molecule has 0 spiro atoms. The summed E-state index contributed by atoms with van der Waals surface area (Å²) < 4.78 is 0. The quantitative estimate of drug-likeness (QED) is 0.831. The normalized spacial score (nSPS) is 15.3. The van der Waals surface area contributed by atoms with Crippen LogP contribution in [0, 0.1) is 0 Å². The molecule has 0 atom stereocenters. The Balaban J connectivity index is 0.00000220. The smallest absolute Gasteiger partial charge is 0.239 e. The van der Waals surface area contributed by atoms with E-state index in [1.54, 1.807) is 0 Å². The minimum absolute atomic E-state index is 0. The molecule has 0 aromatic heterocycles. The van der Waals surface area contributed by atoms with Crippen LogP contribution in [0.5, 0.6) is 0 Å². The number of halogens is 2. The third kappa shape index (κ3) is 7.34. The van der Waals surface area contributed by atoms with Crippen LogP contribution in [0.4, 0.5) is 5.69 Å². The molecule has 1 amide bonds. The first-order chi connectivity index (χ1) is 9.78. The minimum Gasteiger partial charge on any atom is -0.376 e. The number of carbonyl (C=O) groups excluding carboxylic acids is 1. The number of nitrogens with zero attached hydrogens (tertiary/aromatic N) is 1. The van der Waals surface area contributed by atoms with Crippen molar-refractivity contribution in [3.8, 4) is 0 Å². The third-order valence-corrected chi connectivity index (χ3v) is 3.72. The summed E-state index contributed by atoms with van der Waals surface area (Å²) >= 11 is 0. The second kappa shape index (κ2) is 11.6. The van der Waals surface area contributed by atoms with Crippen molar-refractivity contribution in [2.75, 3.05) is 31.5 Å². The molecule has 2 N–H and O–H groups in total. The Bertz CT molecular complexity index is 409. The zero-order chi connectivity index (χ0) is 14.2. The highest BCUT2D eigenvalue weighted by molar-refractivity contribution is 5.85. The largest absolute Gasteiger partial charge is 0.376 e. The maximum Gasteiger partial charge on any atom is 0.239 e. The molecule has 1 aromatic carbocycles. The highest BCUT2D eigenvalue weighted by atomic mass is 35.5. The maximum absolute atomic E-state index is 11.9. The number of carbonyl (C=O) groups is 1. The predicted molar refractivity (Wildman–Crippen MR) is 97.3 cm³/mol. The van der Waals surface area contributed by atoms with Gasteiger partial charge in [-0.25, -0.2) is 0 Å². The summed E-state index contributed by atoms with van der Waals surface area (Å²) in [5.41, 5.74) is 0.986. The van der Waals surface area contributed by atoms with Gasteiger partial charge in [0.05, 0.1) is 6.54 Å². The number of likely N-dealkylation sites (tertiary alicyclic amines) is 1. The monoisotopic (exact) mass is 347 g/mol. The number of amides is 1. The van der Waals surface area contributed by atoms with Crippen molar-refractivity contribution in [3.05, 3.63) is 30.3 Å². The number of anilines is 1. The third-order valence-electron chi connectivity index (χ3n) is 3.72. The lowest BCUT2D eigenvalue weighted by Gasteiger charge is -2.32. The van der Waals surface area contributed by atoms with E-state index in [9.17, 15) is 4.79 Å². The molecule has 0 aliphatic carbocycles. The molecule has 126 valence electrons. The number of para-hydroxylation sites is 1. The number of piperidine rings is 1. The van der Waals surface area contributed by atoms with Crippen LogP contribution in [0.3, 0.4) is 0 Å². The van der Waals surface area contributed by atoms with Gasteiger partial charge in [-0.3, -0.25) is 4.79 Å². The number of nitrogens with one attached hydrogen (secondary N) is 2. The van der Waals surface area contributed by atoms with Crippen molar-refractivity contribution in [1.29, 1.82) is 0 Å². The second-order valence-corrected chi connectivity index (χ2v) is 5.40. The first-order valence-electron chi connectivity index (χ1n) is 7.58. The average molecular weight is 348 g/mol. The lowest BCUT2D eigenvalue weighted by molar-refractivity contribution is -0.120. The van der Waals surface area contributed by atoms with Crippen molar-refractivity contribution in [1.82, 2.24) is 10.2 Å². The molecule has 1 aliphatic heterocycles. The molecule has 1 aromatic rings. The van der Waals surface area contributed by atoms with Gasteiger partial charge in [0.15, 0.2) is 0 Å². The maximum atomic E-state index is 11.9. The zero-order valence-electron chi connectivity index (χ0n) is 13.1. The van der Waals surface area contributed by atoms with Crippen LogP contribution in [-0.2, 0) is 4.79 Å². The SMILES string of the molecule is CCCN1CCC(NC(=O)CNc2ccccc2)CC1.Cl.Cl. The Kier molecular flexibility index (Phi) is 11.1. The Hall–Kier alpha value is -0.970. The van der Waals surface area contributed by atoms with E-state index in [2.05, 4.69) is 22.5 Å². The van der Waals surface area contributed by atoms with E-state index in [4.69, 9.17) is 0 Å². The van der Waals surface area contributed by atoms with Crippen molar-refractivity contribution < 1.29 is 4.79 Å². The van der Waals surface area contributed by atoms with Gasteiger partial charge in [-0.15, -0.1) is 24.8 Å². The minimum atomic E-state index is 0. The van der Waals surface area contributed by atoms with Gasteiger partial charge >= 0.3 is 0 Å². The van der Waals surface area contributed by atoms with Crippen molar-refractivity contribution in [3.63, 3.8) is 0 Å². The number of benzene rings is 1. The van der Waals surface area contributed by atoms with Crippen LogP contribution in [0.2, 0.25) is 0 Å². The van der Waals surface area contributed by atoms with E-state index < -0.39 is 0 Å². The first kappa shape index (κ1) is 21.0. The molecule has 1 aliphatic rings. The number of rotatable bonds is 6. The lowest BCUT2D eigenvalue weighted by atomic mass is 10.0. The van der Waals surface area contributed by atoms with E-state index in [1.165, 1.54) is 13.0 Å². The highest BCUT2D eigenvalue weighted by Crippen LogP contribution is 2.10. The van der Waals surface area contributed by atoms with Crippen LogP contribution >= 0.6 is 24.8 Å². The molecule has 0 unspecified atom stereocenters. The molecular formula is C16H27Cl2N3O.